The van der Waals surface area contributed by atoms with Gasteiger partial charge in [-0.25, -0.2) is 9.59 Å². The van der Waals surface area contributed by atoms with Crippen LogP contribution in [0.4, 0.5) is 4.79 Å². The SMILES string of the molecule is CCCCOP(C)(=O)CC[C@H](NC(=O)OCc1ccccc1)C(=O)OC. The highest BCUT2D eigenvalue weighted by atomic mass is 31.2. The Hall–Kier alpha value is -1.85. The zero-order valence-electron chi connectivity index (χ0n) is 15.6. The second-order valence-electron chi connectivity index (χ2n) is 5.99. The van der Waals surface area contributed by atoms with E-state index in [0.29, 0.717) is 6.61 Å². The lowest BCUT2D eigenvalue weighted by Crippen LogP contribution is -2.42. The van der Waals surface area contributed by atoms with Gasteiger partial charge in [0.2, 0.25) is 0 Å². The number of carbonyl (C=O) groups is 2. The number of methoxy groups -OCH3 is 1. The monoisotopic (exact) mass is 385 g/mol. The summed E-state index contributed by atoms with van der Waals surface area (Å²) in [7, 11) is -1.60. The summed E-state index contributed by atoms with van der Waals surface area (Å²) in [5.41, 5.74) is 0.833. The summed E-state index contributed by atoms with van der Waals surface area (Å²) in [5, 5.41) is 2.47. The molecule has 0 aliphatic carbocycles. The molecule has 0 aliphatic rings. The van der Waals surface area contributed by atoms with Crippen molar-refractivity contribution in [1.29, 1.82) is 0 Å². The average Bonchev–Trinajstić information content (AvgIpc) is 2.63. The van der Waals surface area contributed by atoms with Crippen molar-refractivity contribution in [2.45, 2.75) is 38.8 Å². The van der Waals surface area contributed by atoms with Crippen molar-refractivity contribution in [1.82, 2.24) is 5.32 Å². The molecule has 7 nitrogen and oxygen atoms in total. The minimum absolute atomic E-state index is 0.0902. The van der Waals surface area contributed by atoms with Gasteiger partial charge in [0, 0.05) is 12.8 Å². The lowest BCUT2D eigenvalue weighted by molar-refractivity contribution is -0.143. The first-order valence-corrected chi connectivity index (χ1v) is 10.9. The van der Waals surface area contributed by atoms with E-state index in [4.69, 9.17) is 14.0 Å². The summed E-state index contributed by atoms with van der Waals surface area (Å²) >= 11 is 0. The van der Waals surface area contributed by atoms with E-state index in [0.717, 1.165) is 18.4 Å². The van der Waals surface area contributed by atoms with E-state index in [1.165, 1.54) is 13.8 Å². The lowest BCUT2D eigenvalue weighted by atomic mass is 10.2. The summed E-state index contributed by atoms with van der Waals surface area (Å²) in [6.07, 6.45) is 1.34. The number of ether oxygens (including phenoxy) is 2. The first kappa shape index (κ1) is 22.2. The first-order valence-electron chi connectivity index (χ1n) is 8.64. The molecule has 8 heteroatoms. The molecule has 1 aromatic carbocycles. The van der Waals surface area contributed by atoms with Crippen molar-refractivity contribution >= 4 is 19.4 Å². The number of hydrogen-bond donors (Lipinski definition) is 1. The Bertz CT molecular complexity index is 607. The fraction of sp³-hybridized carbons (Fsp3) is 0.556. The van der Waals surface area contributed by atoms with Gasteiger partial charge in [0.05, 0.1) is 13.7 Å². The number of rotatable bonds is 11. The van der Waals surface area contributed by atoms with Crippen molar-refractivity contribution in [3.05, 3.63) is 35.9 Å². The van der Waals surface area contributed by atoms with Crippen molar-refractivity contribution < 1.29 is 28.2 Å². The largest absolute Gasteiger partial charge is 0.467 e. The first-order chi connectivity index (χ1) is 12.4. The number of benzene rings is 1. The lowest BCUT2D eigenvalue weighted by Gasteiger charge is -2.19. The maximum absolute atomic E-state index is 12.4. The highest BCUT2D eigenvalue weighted by Crippen LogP contribution is 2.43. The zero-order valence-corrected chi connectivity index (χ0v) is 16.5. The fourth-order valence-electron chi connectivity index (χ4n) is 2.13. The third-order valence-electron chi connectivity index (χ3n) is 3.68. The Labute approximate surface area is 154 Å². The maximum atomic E-state index is 12.4. The van der Waals surface area contributed by atoms with E-state index in [1.54, 1.807) is 0 Å². The molecule has 1 amide bonds. The van der Waals surface area contributed by atoms with Crippen LogP contribution in [0, 0.1) is 0 Å². The summed E-state index contributed by atoms with van der Waals surface area (Å²) in [5.74, 6) is -0.616. The van der Waals surface area contributed by atoms with Crippen LogP contribution in [0.2, 0.25) is 0 Å². The van der Waals surface area contributed by atoms with Crippen LogP contribution in [0.3, 0.4) is 0 Å². The van der Waals surface area contributed by atoms with Gasteiger partial charge < -0.3 is 19.3 Å². The number of unbranched alkanes of at least 4 members (excludes halogenated alkanes) is 1. The number of esters is 1. The topological polar surface area (TPSA) is 90.9 Å². The van der Waals surface area contributed by atoms with Gasteiger partial charge in [-0.1, -0.05) is 43.7 Å². The third-order valence-corrected chi connectivity index (χ3v) is 5.48. The van der Waals surface area contributed by atoms with E-state index in [-0.39, 0.29) is 19.2 Å². The van der Waals surface area contributed by atoms with Gasteiger partial charge in [0.15, 0.2) is 7.37 Å². The second kappa shape index (κ2) is 11.7. The molecule has 0 fully saturated rings. The second-order valence-corrected chi connectivity index (χ2v) is 8.73. The van der Waals surface area contributed by atoms with Crippen molar-refractivity contribution in [2.75, 3.05) is 26.5 Å². The molecule has 1 rings (SSSR count). The Balaban J connectivity index is 2.51. The normalized spacial score (nSPS) is 14.1. The number of nitrogens with one attached hydrogen (secondary N) is 1. The predicted octanol–water partition coefficient (Wildman–Crippen LogP) is 3.57. The van der Waals surface area contributed by atoms with E-state index >= 15 is 0 Å². The molecule has 2 atom stereocenters. The van der Waals surface area contributed by atoms with Gasteiger partial charge in [0.25, 0.3) is 0 Å². The summed E-state index contributed by atoms with van der Waals surface area (Å²) in [4.78, 5) is 23.8. The van der Waals surface area contributed by atoms with Crippen LogP contribution in [0.1, 0.15) is 31.7 Å². The fourth-order valence-corrected chi connectivity index (χ4v) is 3.50. The highest BCUT2D eigenvalue weighted by molar-refractivity contribution is 7.58. The minimum Gasteiger partial charge on any atom is -0.467 e. The molecular formula is C18H28NO6P. The van der Waals surface area contributed by atoms with Gasteiger partial charge in [0.1, 0.15) is 12.6 Å². The van der Waals surface area contributed by atoms with Crippen LogP contribution in [0.15, 0.2) is 30.3 Å². The molecule has 0 aliphatic heterocycles. The standard InChI is InChI=1S/C18H28NO6P/c1-4-5-12-25-26(3,22)13-11-16(17(20)23-2)19-18(21)24-14-15-9-7-6-8-10-15/h6-10,16H,4-5,11-14H2,1-3H3,(H,19,21)/t16-,26?/m0/s1. The van der Waals surface area contributed by atoms with Crippen LogP contribution in [0.5, 0.6) is 0 Å². The summed E-state index contributed by atoms with van der Waals surface area (Å²) in [6, 6.07) is 8.25. The van der Waals surface area contributed by atoms with Crippen LogP contribution in [0.25, 0.3) is 0 Å². The number of carbonyl (C=O) groups excluding carboxylic acids is 2. The van der Waals surface area contributed by atoms with Gasteiger partial charge in [-0.3, -0.25) is 4.57 Å². The zero-order chi connectivity index (χ0) is 19.4. The van der Waals surface area contributed by atoms with E-state index in [2.05, 4.69) is 5.32 Å². The third kappa shape index (κ3) is 9.02. The van der Waals surface area contributed by atoms with Crippen molar-refractivity contribution in [3.8, 4) is 0 Å². The maximum Gasteiger partial charge on any atom is 0.408 e. The Kier molecular flexibility index (Phi) is 9.99. The molecule has 0 bridgehead atoms. The Morgan fingerprint density at radius 3 is 2.54 bits per heavy atom. The van der Waals surface area contributed by atoms with E-state index in [9.17, 15) is 14.2 Å². The van der Waals surface area contributed by atoms with Gasteiger partial charge in [-0.05, 0) is 18.4 Å². The average molecular weight is 385 g/mol. The number of amides is 1. The molecule has 0 radical (unpaired) electrons. The van der Waals surface area contributed by atoms with Gasteiger partial charge in [-0.15, -0.1) is 0 Å². The summed E-state index contributed by atoms with van der Waals surface area (Å²) in [6.45, 7) is 4.06. The molecule has 0 saturated heterocycles. The van der Waals surface area contributed by atoms with Gasteiger partial charge in [-0.2, -0.15) is 0 Å². The quantitative estimate of drug-likeness (QED) is 0.356. The molecule has 0 heterocycles. The van der Waals surface area contributed by atoms with E-state index < -0.39 is 25.5 Å². The molecule has 26 heavy (non-hydrogen) atoms. The van der Waals surface area contributed by atoms with Crippen LogP contribution >= 0.6 is 7.37 Å². The van der Waals surface area contributed by atoms with Crippen molar-refractivity contribution in [3.63, 3.8) is 0 Å². The number of hydrogen-bond acceptors (Lipinski definition) is 6. The molecule has 1 unspecified atom stereocenters. The van der Waals surface area contributed by atoms with Crippen LogP contribution < -0.4 is 5.32 Å². The molecule has 0 saturated carbocycles. The molecular weight excluding hydrogens is 357 g/mol. The molecule has 1 aromatic rings. The summed E-state index contributed by atoms with van der Waals surface area (Å²) < 4.78 is 27.6. The van der Waals surface area contributed by atoms with Crippen LogP contribution in [-0.4, -0.2) is 44.6 Å². The molecule has 0 aromatic heterocycles. The number of alkyl carbamates (subject to hydrolysis) is 1. The Morgan fingerprint density at radius 1 is 1.23 bits per heavy atom. The highest BCUT2D eigenvalue weighted by Gasteiger charge is 2.26. The van der Waals surface area contributed by atoms with Crippen LogP contribution in [-0.2, 0) is 30.0 Å². The molecule has 1 N–H and O–H groups in total. The minimum atomic E-state index is -2.83. The smallest absolute Gasteiger partial charge is 0.408 e. The van der Waals surface area contributed by atoms with E-state index in [1.807, 2.05) is 37.3 Å². The predicted molar refractivity (Wildman–Crippen MR) is 99.4 cm³/mol. The van der Waals surface area contributed by atoms with Crippen molar-refractivity contribution in [2.24, 2.45) is 0 Å². The van der Waals surface area contributed by atoms with Gasteiger partial charge >= 0.3 is 12.1 Å². The molecule has 0 spiro atoms. The Morgan fingerprint density at radius 2 is 1.92 bits per heavy atom. The molecule has 146 valence electrons.